The number of rotatable bonds is 2. The second-order valence-electron chi connectivity index (χ2n) is 2.82. The van der Waals surface area contributed by atoms with Crippen LogP contribution in [-0.2, 0) is 0 Å². The van der Waals surface area contributed by atoms with Gasteiger partial charge in [-0.2, -0.15) is 0 Å². The van der Waals surface area contributed by atoms with Crippen molar-refractivity contribution in [3.05, 3.63) is 12.2 Å². The molecule has 0 aromatic heterocycles. The van der Waals surface area contributed by atoms with Crippen LogP contribution in [0, 0.1) is 5.92 Å². The highest BCUT2D eigenvalue weighted by atomic mass is 15.2. The molecule has 0 amide bonds. The van der Waals surface area contributed by atoms with Gasteiger partial charge in [0.05, 0.1) is 0 Å². The molecule has 0 aliphatic carbocycles. The van der Waals surface area contributed by atoms with Gasteiger partial charge in [-0.3, -0.25) is 0 Å². The molecule has 1 heteroatoms. The standard InChI is InChI=1S/C8H15N/c1-3-4-5-8-6-9(2)7-8/h4-5,8H,3,6-7H2,1-2H3/b5-4+. The number of hydrogen-bond donors (Lipinski definition) is 0. The van der Waals surface area contributed by atoms with Gasteiger partial charge in [-0.15, -0.1) is 0 Å². The van der Waals surface area contributed by atoms with Crippen LogP contribution in [0.3, 0.4) is 0 Å². The van der Waals surface area contributed by atoms with Crippen LogP contribution in [0.2, 0.25) is 0 Å². The lowest BCUT2D eigenvalue weighted by Crippen LogP contribution is -2.42. The second kappa shape index (κ2) is 3.02. The summed E-state index contributed by atoms with van der Waals surface area (Å²) in [5.41, 5.74) is 0. The van der Waals surface area contributed by atoms with E-state index in [0.717, 1.165) is 5.92 Å². The summed E-state index contributed by atoms with van der Waals surface area (Å²) in [5, 5.41) is 0. The van der Waals surface area contributed by atoms with Crippen LogP contribution in [0.1, 0.15) is 13.3 Å². The normalized spacial score (nSPS) is 22.9. The first-order valence-corrected chi connectivity index (χ1v) is 3.68. The van der Waals surface area contributed by atoms with Gasteiger partial charge in [0.15, 0.2) is 0 Å². The minimum Gasteiger partial charge on any atom is -0.305 e. The predicted molar refractivity (Wildman–Crippen MR) is 40.4 cm³/mol. The SMILES string of the molecule is CC/C=C/C1CN(C)C1. The molecule has 0 aromatic rings. The Kier molecular flexibility index (Phi) is 2.29. The maximum absolute atomic E-state index is 2.34. The molecule has 0 aromatic carbocycles. The van der Waals surface area contributed by atoms with Gasteiger partial charge in [0, 0.05) is 19.0 Å². The van der Waals surface area contributed by atoms with Crippen molar-refractivity contribution in [2.75, 3.05) is 20.1 Å². The Hall–Kier alpha value is -0.300. The molecule has 9 heavy (non-hydrogen) atoms. The molecule has 0 bridgehead atoms. The first-order valence-electron chi connectivity index (χ1n) is 3.68. The third kappa shape index (κ3) is 1.83. The van der Waals surface area contributed by atoms with Gasteiger partial charge in [0.25, 0.3) is 0 Å². The van der Waals surface area contributed by atoms with Crippen molar-refractivity contribution in [1.29, 1.82) is 0 Å². The topological polar surface area (TPSA) is 3.24 Å². The lowest BCUT2D eigenvalue weighted by molar-refractivity contribution is 0.170. The average molecular weight is 125 g/mol. The zero-order chi connectivity index (χ0) is 6.69. The number of nitrogens with zero attached hydrogens (tertiary/aromatic N) is 1. The quantitative estimate of drug-likeness (QED) is 0.506. The Morgan fingerprint density at radius 2 is 2.22 bits per heavy atom. The Morgan fingerprint density at radius 3 is 2.67 bits per heavy atom. The molecule has 52 valence electrons. The third-order valence-electron chi connectivity index (χ3n) is 1.74. The summed E-state index contributed by atoms with van der Waals surface area (Å²) in [5.74, 6) is 0.856. The van der Waals surface area contributed by atoms with E-state index in [-0.39, 0.29) is 0 Å². The first-order chi connectivity index (χ1) is 4.33. The molecule has 1 rings (SSSR count). The third-order valence-corrected chi connectivity index (χ3v) is 1.74. The molecule has 1 heterocycles. The smallest absolute Gasteiger partial charge is 0.00538 e. The van der Waals surface area contributed by atoms with Crippen LogP contribution in [0.25, 0.3) is 0 Å². The molecule has 0 N–H and O–H groups in total. The summed E-state index contributed by atoms with van der Waals surface area (Å²) >= 11 is 0. The average Bonchev–Trinajstić information content (AvgIpc) is 1.78. The van der Waals surface area contributed by atoms with Crippen molar-refractivity contribution in [3.8, 4) is 0 Å². The van der Waals surface area contributed by atoms with Crippen LogP contribution < -0.4 is 0 Å². The molecular formula is C8H15N. The highest BCUT2D eigenvalue weighted by Crippen LogP contribution is 2.13. The van der Waals surface area contributed by atoms with Crippen molar-refractivity contribution < 1.29 is 0 Å². The van der Waals surface area contributed by atoms with Gasteiger partial charge in [-0.1, -0.05) is 19.1 Å². The van der Waals surface area contributed by atoms with Gasteiger partial charge in [0.2, 0.25) is 0 Å². The van der Waals surface area contributed by atoms with Crippen LogP contribution in [0.15, 0.2) is 12.2 Å². The van der Waals surface area contributed by atoms with Gasteiger partial charge >= 0.3 is 0 Å². The van der Waals surface area contributed by atoms with Crippen molar-refractivity contribution in [2.24, 2.45) is 5.92 Å². The molecule has 0 unspecified atom stereocenters. The van der Waals surface area contributed by atoms with E-state index in [4.69, 9.17) is 0 Å². The summed E-state index contributed by atoms with van der Waals surface area (Å²) in [6.07, 6.45) is 5.78. The Morgan fingerprint density at radius 1 is 1.56 bits per heavy atom. The van der Waals surface area contributed by atoms with Crippen LogP contribution in [-0.4, -0.2) is 25.0 Å². The maximum Gasteiger partial charge on any atom is 0.00538 e. The Bertz CT molecular complexity index is 101. The summed E-state index contributed by atoms with van der Waals surface area (Å²) < 4.78 is 0. The molecule has 1 fully saturated rings. The number of allylic oxidation sites excluding steroid dienone is 1. The van der Waals surface area contributed by atoms with E-state index in [2.05, 4.69) is 31.0 Å². The second-order valence-corrected chi connectivity index (χ2v) is 2.82. The van der Waals surface area contributed by atoms with E-state index in [1.165, 1.54) is 19.5 Å². The molecule has 0 saturated carbocycles. The van der Waals surface area contributed by atoms with Gasteiger partial charge < -0.3 is 4.90 Å². The molecule has 0 atom stereocenters. The van der Waals surface area contributed by atoms with Crippen molar-refractivity contribution >= 4 is 0 Å². The Labute approximate surface area is 57.4 Å². The van der Waals surface area contributed by atoms with Gasteiger partial charge in [-0.05, 0) is 13.5 Å². The first kappa shape index (κ1) is 6.81. The van der Waals surface area contributed by atoms with E-state index in [1.807, 2.05) is 0 Å². The Balaban J connectivity index is 2.10. The molecule has 1 nitrogen and oxygen atoms in total. The van der Waals surface area contributed by atoms with E-state index in [1.54, 1.807) is 0 Å². The summed E-state index contributed by atoms with van der Waals surface area (Å²) in [6.45, 7) is 4.70. The number of likely N-dealkylation sites (tertiary alicyclic amines) is 1. The lowest BCUT2D eigenvalue weighted by atomic mass is 10.0. The molecule has 1 saturated heterocycles. The highest BCUT2D eigenvalue weighted by molar-refractivity contribution is 4.95. The highest BCUT2D eigenvalue weighted by Gasteiger charge is 2.19. The molecule has 0 spiro atoms. The van der Waals surface area contributed by atoms with Crippen LogP contribution in [0.5, 0.6) is 0 Å². The van der Waals surface area contributed by atoms with Crippen LogP contribution >= 0.6 is 0 Å². The van der Waals surface area contributed by atoms with Crippen molar-refractivity contribution in [3.63, 3.8) is 0 Å². The van der Waals surface area contributed by atoms with E-state index < -0.39 is 0 Å². The largest absolute Gasteiger partial charge is 0.305 e. The predicted octanol–water partition coefficient (Wildman–Crippen LogP) is 1.51. The molecular weight excluding hydrogens is 110 g/mol. The summed E-state index contributed by atoms with van der Waals surface area (Å²) in [4.78, 5) is 2.34. The summed E-state index contributed by atoms with van der Waals surface area (Å²) in [7, 11) is 2.16. The van der Waals surface area contributed by atoms with Gasteiger partial charge in [0.1, 0.15) is 0 Å². The van der Waals surface area contributed by atoms with E-state index in [0.29, 0.717) is 0 Å². The van der Waals surface area contributed by atoms with Crippen LogP contribution in [0.4, 0.5) is 0 Å². The fourth-order valence-electron chi connectivity index (χ4n) is 1.20. The lowest BCUT2D eigenvalue weighted by Gasteiger charge is -2.34. The fourth-order valence-corrected chi connectivity index (χ4v) is 1.20. The molecule has 0 radical (unpaired) electrons. The van der Waals surface area contributed by atoms with E-state index >= 15 is 0 Å². The minimum atomic E-state index is 0.856. The van der Waals surface area contributed by atoms with Gasteiger partial charge in [-0.25, -0.2) is 0 Å². The fraction of sp³-hybridized carbons (Fsp3) is 0.750. The van der Waals surface area contributed by atoms with Crippen molar-refractivity contribution in [1.82, 2.24) is 4.90 Å². The zero-order valence-corrected chi connectivity index (χ0v) is 6.30. The number of hydrogen-bond acceptors (Lipinski definition) is 1. The zero-order valence-electron chi connectivity index (χ0n) is 6.30. The maximum atomic E-state index is 2.34. The minimum absolute atomic E-state index is 0.856. The molecule has 1 aliphatic heterocycles. The summed E-state index contributed by atoms with van der Waals surface area (Å²) in [6, 6.07) is 0. The van der Waals surface area contributed by atoms with E-state index in [9.17, 15) is 0 Å². The molecule has 1 aliphatic rings. The van der Waals surface area contributed by atoms with Crippen molar-refractivity contribution in [2.45, 2.75) is 13.3 Å². The monoisotopic (exact) mass is 125 g/mol.